The topological polar surface area (TPSA) is 12.9 Å². The fourth-order valence-corrected chi connectivity index (χ4v) is 1.55. The lowest BCUT2D eigenvalue weighted by atomic mass is 10.0. The molecule has 0 saturated heterocycles. The summed E-state index contributed by atoms with van der Waals surface area (Å²) >= 11 is 0. The van der Waals surface area contributed by atoms with Crippen LogP contribution in [0.15, 0.2) is 24.4 Å². The minimum Gasteiger partial charge on any atom is -0.256 e. The molecule has 72 valence electrons. The Labute approximate surface area is 85.2 Å². The summed E-state index contributed by atoms with van der Waals surface area (Å²) in [6.07, 6.45) is 11.6. The summed E-state index contributed by atoms with van der Waals surface area (Å²) in [4.78, 5) is 4.46. The van der Waals surface area contributed by atoms with Gasteiger partial charge >= 0.3 is 0 Å². The molecule has 0 radical (unpaired) electrons. The van der Waals surface area contributed by atoms with Crippen molar-refractivity contribution >= 4 is 12.2 Å². The molecule has 2 rings (SSSR count). The Hall–Kier alpha value is -1.37. The van der Waals surface area contributed by atoms with Crippen LogP contribution in [0.3, 0.4) is 0 Å². The summed E-state index contributed by atoms with van der Waals surface area (Å²) in [6.45, 7) is 4.39. The van der Waals surface area contributed by atoms with Crippen molar-refractivity contribution in [1.82, 2.24) is 4.98 Å². The maximum Gasteiger partial charge on any atom is 0.0698 e. The van der Waals surface area contributed by atoms with E-state index in [0.29, 0.717) is 5.92 Å². The molecule has 0 fully saturated rings. The van der Waals surface area contributed by atoms with Gasteiger partial charge in [0.05, 0.1) is 5.69 Å². The first kappa shape index (κ1) is 9.20. The molecule has 1 aromatic heterocycles. The molecule has 14 heavy (non-hydrogen) atoms. The van der Waals surface area contributed by atoms with E-state index in [1.165, 1.54) is 11.1 Å². The van der Waals surface area contributed by atoms with Crippen LogP contribution in [-0.2, 0) is 0 Å². The third-order valence-corrected chi connectivity index (χ3v) is 2.48. The molecule has 1 heterocycles. The molecule has 0 bridgehead atoms. The third kappa shape index (κ3) is 1.77. The zero-order valence-corrected chi connectivity index (χ0v) is 8.70. The molecule has 0 spiro atoms. The molecular formula is C13H15N. The van der Waals surface area contributed by atoms with Crippen LogP contribution in [0, 0.1) is 0 Å². The largest absolute Gasteiger partial charge is 0.256 e. The molecule has 0 aromatic carbocycles. The number of nitrogens with zero attached hydrogens (tertiary/aromatic N) is 1. The van der Waals surface area contributed by atoms with Crippen molar-refractivity contribution in [3.8, 4) is 0 Å². The van der Waals surface area contributed by atoms with Gasteiger partial charge < -0.3 is 0 Å². The fraction of sp³-hybridized carbons (Fsp3) is 0.308. The highest BCUT2D eigenvalue weighted by molar-refractivity contribution is 5.65. The molecule has 1 aliphatic rings. The Kier molecular flexibility index (Phi) is 2.49. The summed E-state index contributed by atoms with van der Waals surface area (Å²) in [5.41, 5.74) is 3.64. The molecule has 0 atom stereocenters. The lowest BCUT2D eigenvalue weighted by molar-refractivity contribution is 0.857. The predicted molar refractivity (Wildman–Crippen MR) is 61.0 cm³/mol. The van der Waals surface area contributed by atoms with E-state index in [4.69, 9.17) is 0 Å². The van der Waals surface area contributed by atoms with Gasteiger partial charge in [-0.05, 0) is 30.0 Å². The Bertz CT molecular complexity index is 386. The summed E-state index contributed by atoms with van der Waals surface area (Å²) in [5, 5.41) is 0. The fourth-order valence-electron chi connectivity index (χ4n) is 1.55. The quantitative estimate of drug-likeness (QED) is 0.651. The van der Waals surface area contributed by atoms with E-state index in [1.54, 1.807) is 0 Å². The summed E-state index contributed by atoms with van der Waals surface area (Å²) in [6, 6.07) is 2.24. The van der Waals surface area contributed by atoms with Crippen LogP contribution >= 0.6 is 0 Å². The van der Waals surface area contributed by atoms with Gasteiger partial charge in [-0.25, -0.2) is 0 Å². The molecule has 1 aromatic rings. The highest BCUT2D eigenvalue weighted by Crippen LogP contribution is 2.20. The molecule has 1 heteroatoms. The van der Waals surface area contributed by atoms with Gasteiger partial charge in [-0.15, -0.1) is 0 Å². The molecule has 0 aliphatic heterocycles. The first-order valence-corrected chi connectivity index (χ1v) is 5.10. The Morgan fingerprint density at radius 1 is 1.21 bits per heavy atom. The Morgan fingerprint density at radius 2 is 2.00 bits per heavy atom. The molecule has 0 amide bonds. The first-order chi connectivity index (χ1) is 6.77. The summed E-state index contributed by atoms with van der Waals surface area (Å²) in [7, 11) is 0. The van der Waals surface area contributed by atoms with Crippen LogP contribution in [0.25, 0.3) is 12.2 Å². The number of rotatable bonds is 1. The number of aromatic nitrogens is 1. The second-order valence-electron chi connectivity index (χ2n) is 3.94. The lowest BCUT2D eigenvalue weighted by Gasteiger charge is -2.07. The van der Waals surface area contributed by atoms with Gasteiger partial charge in [0, 0.05) is 11.8 Å². The highest BCUT2D eigenvalue weighted by Gasteiger charge is 2.04. The van der Waals surface area contributed by atoms with Gasteiger partial charge in [-0.1, -0.05) is 32.1 Å². The average molecular weight is 185 g/mol. The molecule has 0 unspecified atom stereocenters. The zero-order chi connectivity index (χ0) is 9.97. The van der Waals surface area contributed by atoms with Gasteiger partial charge in [-0.3, -0.25) is 4.98 Å². The number of hydrogen-bond acceptors (Lipinski definition) is 1. The molecule has 0 N–H and O–H groups in total. The second kappa shape index (κ2) is 3.79. The van der Waals surface area contributed by atoms with Crippen molar-refractivity contribution < 1.29 is 0 Å². The Balaban J connectivity index is 2.48. The standard InChI is InChI=1S/C13H15N/c1-10(2)12-8-11-6-4-3-5-7-13(11)14-9-12/h4-10H,3H2,1-2H3. The first-order valence-electron chi connectivity index (χ1n) is 5.10. The van der Waals surface area contributed by atoms with E-state index in [0.717, 1.165) is 12.1 Å². The van der Waals surface area contributed by atoms with Gasteiger partial charge in [0.2, 0.25) is 0 Å². The van der Waals surface area contributed by atoms with Crippen LogP contribution in [0.4, 0.5) is 0 Å². The van der Waals surface area contributed by atoms with Crippen LogP contribution < -0.4 is 0 Å². The monoisotopic (exact) mass is 185 g/mol. The summed E-state index contributed by atoms with van der Waals surface area (Å²) in [5.74, 6) is 0.549. The smallest absolute Gasteiger partial charge is 0.0698 e. The van der Waals surface area contributed by atoms with E-state index in [1.807, 2.05) is 6.20 Å². The van der Waals surface area contributed by atoms with Gasteiger partial charge in [-0.2, -0.15) is 0 Å². The number of hydrogen-bond donors (Lipinski definition) is 0. The molecule has 1 aliphatic carbocycles. The minimum absolute atomic E-state index is 0.549. The molecule has 1 nitrogen and oxygen atoms in total. The normalized spacial score (nSPS) is 14.2. The third-order valence-electron chi connectivity index (χ3n) is 2.48. The van der Waals surface area contributed by atoms with Gasteiger partial charge in [0.25, 0.3) is 0 Å². The van der Waals surface area contributed by atoms with Gasteiger partial charge in [0.1, 0.15) is 0 Å². The van der Waals surface area contributed by atoms with Crippen molar-refractivity contribution in [3.05, 3.63) is 41.2 Å². The van der Waals surface area contributed by atoms with Crippen LogP contribution in [-0.4, -0.2) is 4.98 Å². The van der Waals surface area contributed by atoms with Crippen molar-refractivity contribution in [2.75, 3.05) is 0 Å². The van der Waals surface area contributed by atoms with Crippen molar-refractivity contribution in [1.29, 1.82) is 0 Å². The van der Waals surface area contributed by atoms with Crippen molar-refractivity contribution in [3.63, 3.8) is 0 Å². The van der Waals surface area contributed by atoms with E-state index in [-0.39, 0.29) is 0 Å². The lowest BCUT2D eigenvalue weighted by Crippen LogP contribution is -1.93. The zero-order valence-electron chi connectivity index (χ0n) is 8.70. The van der Waals surface area contributed by atoms with Crippen molar-refractivity contribution in [2.45, 2.75) is 26.2 Å². The van der Waals surface area contributed by atoms with Crippen LogP contribution in [0.1, 0.15) is 43.0 Å². The maximum absolute atomic E-state index is 4.46. The van der Waals surface area contributed by atoms with Gasteiger partial charge in [0.15, 0.2) is 0 Å². The van der Waals surface area contributed by atoms with E-state index in [2.05, 4.69) is 49.2 Å². The second-order valence-corrected chi connectivity index (χ2v) is 3.94. The average Bonchev–Trinajstić information content (AvgIpc) is 2.41. The Morgan fingerprint density at radius 3 is 2.79 bits per heavy atom. The number of pyridine rings is 1. The van der Waals surface area contributed by atoms with Crippen LogP contribution in [0.2, 0.25) is 0 Å². The SMILES string of the molecule is CC(C)c1cnc2c(c1)C=CCC=C2. The van der Waals surface area contributed by atoms with E-state index in [9.17, 15) is 0 Å². The van der Waals surface area contributed by atoms with Crippen molar-refractivity contribution in [2.24, 2.45) is 0 Å². The van der Waals surface area contributed by atoms with Crippen LogP contribution in [0.5, 0.6) is 0 Å². The predicted octanol–water partition coefficient (Wildman–Crippen LogP) is 3.64. The number of allylic oxidation sites excluding steroid dienone is 2. The summed E-state index contributed by atoms with van der Waals surface area (Å²) < 4.78 is 0. The van der Waals surface area contributed by atoms with E-state index < -0.39 is 0 Å². The van der Waals surface area contributed by atoms with E-state index >= 15 is 0 Å². The number of fused-ring (bicyclic) bond motifs is 1. The molecule has 0 saturated carbocycles. The highest BCUT2D eigenvalue weighted by atomic mass is 14.7. The minimum atomic E-state index is 0.549. The molecular weight excluding hydrogens is 170 g/mol. The maximum atomic E-state index is 4.46.